The standard InChI is InChI=1S/C17H12N4OS/c18-8-13(9-19)14(12-6-7-23-10-12)16-17(22)15(20-21-16)11-4-2-1-3-5-11/h1-7,10,13-14,22H,(H,20,21). The van der Waals surface area contributed by atoms with Gasteiger partial charge in [0.2, 0.25) is 0 Å². The van der Waals surface area contributed by atoms with Crippen molar-refractivity contribution in [2.24, 2.45) is 5.92 Å². The normalized spacial score (nSPS) is 11.8. The second-order valence-electron chi connectivity index (χ2n) is 4.97. The van der Waals surface area contributed by atoms with E-state index in [2.05, 4.69) is 10.2 Å². The molecule has 0 aliphatic carbocycles. The van der Waals surface area contributed by atoms with Gasteiger partial charge in [0.1, 0.15) is 11.6 Å². The second-order valence-corrected chi connectivity index (χ2v) is 5.75. The number of hydrogen-bond acceptors (Lipinski definition) is 5. The Morgan fingerprint density at radius 1 is 1.13 bits per heavy atom. The topological polar surface area (TPSA) is 96.5 Å². The van der Waals surface area contributed by atoms with E-state index in [4.69, 9.17) is 0 Å². The van der Waals surface area contributed by atoms with Crippen molar-refractivity contribution in [2.75, 3.05) is 0 Å². The molecule has 0 fully saturated rings. The van der Waals surface area contributed by atoms with Crippen molar-refractivity contribution in [3.05, 3.63) is 58.4 Å². The maximum Gasteiger partial charge on any atom is 0.165 e. The number of aromatic amines is 1. The van der Waals surface area contributed by atoms with E-state index in [0.717, 1.165) is 11.1 Å². The van der Waals surface area contributed by atoms with Crippen LogP contribution in [0.3, 0.4) is 0 Å². The molecule has 0 bridgehead atoms. The summed E-state index contributed by atoms with van der Waals surface area (Å²) in [6.07, 6.45) is 0. The molecule has 1 aromatic carbocycles. The SMILES string of the molecule is N#CC(C#N)C(c1ccsc1)c1[nH]nc(-c2ccccc2)c1O. The molecule has 0 amide bonds. The highest BCUT2D eigenvalue weighted by Crippen LogP contribution is 2.40. The van der Waals surface area contributed by atoms with Crippen LogP contribution in [0.15, 0.2) is 47.2 Å². The maximum atomic E-state index is 10.6. The zero-order valence-electron chi connectivity index (χ0n) is 12.0. The molecule has 1 unspecified atom stereocenters. The minimum atomic E-state index is -0.917. The van der Waals surface area contributed by atoms with Crippen molar-refractivity contribution in [3.63, 3.8) is 0 Å². The number of nitrogens with one attached hydrogen (secondary N) is 1. The van der Waals surface area contributed by atoms with Gasteiger partial charge in [-0.3, -0.25) is 5.10 Å². The third kappa shape index (κ3) is 2.68. The van der Waals surface area contributed by atoms with Crippen LogP contribution < -0.4 is 0 Å². The Labute approximate surface area is 137 Å². The van der Waals surface area contributed by atoms with E-state index in [1.165, 1.54) is 11.3 Å². The van der Waals surface area contributed by atoms with Crippen LogP contribution in [0.2, 0.25) is 0 Å². The van der Waals surface area contributed by atoms with E-state index in [0.29, 0.717) is 11.4 Å². The fourth-order valence-corrected chi connectivity index (χ4v) is 3.22. The molecule has 0 aliphatic heterocycles. The molecule has 0 spiro atoms. The predicted molar refractivity (Wildman–Crippen MR) is 86.6 cm³/mol. The number of H-pyrrole nitrogens is 1. The third-order valence-electron chi connectivity index (χ3n) is 3.64. The smallest absolute Gasteiger partial charge is 0.165 e. The van der Waals surface area contributed by atoms with Crippen LogP contribution in [0.25, 0.3) is 11.3 Å². The van der Waals surface area contributed by atoms with Crippen molar-refractivity contribution in [2.45, 2.75) is 5.92 Å². The maximum absolute atomic E-state index is 10.6. The van der Waals surface area contributed by atoms with Gasteiger partial charge in [0.15, 0.2) is 5.75 Å². The molecule has 112 valence electrons. The van der Waals surface area contributed by atoms with Gasteiger partial charge in [-0.1, -0.05) is 30.3 Å². The van der Waals surface area contributed by atoms with Gasteiger partial charge in [-0.15, -0.1) is 0 Å². The van der Waals surface area contributed by atoms with Crippen LogP contribution in [0, 0.1) is 28.6 Å². The first-order valence-electron chi connectivity index (χ1n) is 6.90. The van der Waals surface area contributed by atoms with Gasteiger partial charge in [0.25, 0.3) is 0 Å². The zero-order chi connectivity index (χ0) is 16.2. The summed E-state index contributed by atoms with van der Waals surface area (Å²) in [5, 5.41) is 39.9. The average Bonchev–Trinajstić information content (AvgIpc) is 3.24. The Kier molecular flexibility index (Phi) is 4.09. The van der Waals surface area contributed by atoms with E-state index in [1.54, 1.807) is 0 Å². The summed E-state index contributed by atoms with van der Waals surface area (Å²) in [5.41, 5.74) is 2.37. The fraction of sp³-hybridized carbons (Fsp3) is 0.118. The number of aromatic hydroxyl groups is 1. The van der Waals surface area contributed by atoms with Crippen molar-refractivity contribution >= 4 is 11.3 Å². The molecule has 2 heterocycles. The first-order chi connectivity index (χ1) is 11.3. The largest absolute Gasteiger partial charge is 0.504 e. The molecule has 6 heteroatoms. The summed E-state index contributed by atoms with van der Waals surface area (Å²) >= 11 is 1.48. The van der Waals surface area contributed by atoms with E-state index < -0.39 is 11.8 Å². The molecule has 3 aromatic rings. The summed E-state index contributed by atoms with van der Waals surface area (Å²) in [4.78, 5) is 0. The van der Waals surface area contributed by atoms with E-state index >= 15 is 0 Å². The highest BCUT2D eigenvalue weighted by Gasteiger charge is 2.31. The minimum absolute atomic E-state index is 0.0251. The summed E-state index contributed by atoms with van der Waals surface area (Å²) in [6, 6.07) is 15.1. The van der Waals surface area contributed by atoms with Crippen molar-refractivity contribution in [1.29, 1.82) is 10.5 Å². The molecule has 2 aromatic heterocycles. The van der Waals surface area contributed by atoms with E-state index in [-0.39, 0.29) is 5.75 Å². The molecule has 1 atom stereocenters. The highest BCUT2D eigenvalue weighted by atomic mass is 32.1. The van der Waals surface area contributed by atoms with Crippen LogP contribution >= 0.6 is 11.3 Å². The van der Waals surface area contributed by atoms with Gasteiger partial charge in [-0.25, -0.2) is 0 Å². The molecule has 5 nitrogen and oxygen atoms in total. The quantitative estimate of drug-likeness (QED) is 0.767. The number of rotatable bonds is 4. The Morgan fingerprint density at radius 3 is 2.48 bits per heavy atom. The van der Waals surface area contributed by atoms with Crippen LogP contribution in [-0.2, 0) is 0 Å². The average molecular weight is 320 g/mol. The van der Waals surface area contributed by atoms with Crippen LogP contribution in [0.5, 0.6) is 5.75 Å². The third-order valence-corrected chi connectivity index (χ3v) is 4.34. The Balaban J connectivity index is 2.11. The predicted octanol–water partition coefficient (Wildman–Crippen LogP) is 3.64. The number of thiophene rings is 1. The number of hydrogen-bond donors (Lipinski definition) is 2. The lowest BCUT2D eigenvalue weighted by atomic mass is 9.86. The number of benzene rings is 1. The summed E-state index contributed by atoms with van der Waals surface area (Å²) < 4.78 is 0. The van der Waals surface area contributed by atoms with Crippen LogP contribution in [0.4, 0.5) is 0 Å². The number of nitriles is 2. The molecule has 0 aliphatic rings. The van der Waals surface area contributed by atoms with Gasteiger partial charge < -0.3 is 5.11 Å². The van der Waals surface area contributed by atoms with Crippen LogP contribution in [0.1, 0.15) is 17.2 Å². The van der Waals surface area contributed by atoms with Gasteiger partial charge in [0, 0.05) is 5.56 Å². The van der Waals surface area contributed by atoms with Gasteiger partial charge >= 0.3 is 0 Å². The van der Waals surface area contributed by atoms with Crippen LogP contribution in [-0.4, -0.2) is 15.3 Å². The summed E-state index contributed by atoms with van der Waals surface area (Å²) in [5.74, 6) is -1.51. The van der Waals surface area contributed by atoms with Crippen molar-refractivity contribution in [1.82, 2.24) is 10.2 Å². The summed E-state index contributed by atoms with van der Waals surface area (Å²) in [6.45, 7) is 0. The second kappa shape index (κ2) is 6.35. The van der Waals surface area contributed by atoms with Gasteiger partial charge in [-0.2, -0.15) is 27.0 Å². The zero-order valence-corrected chi connectivity index (χ0v) is 12.8. The van der Waals surface area contributed by atoms with E-state index in [9.17, 15) is 15.6 Å². The lowest BCUT2D eigenvalue weighted by molar-refractivity contribution is 0.463. The molecule has 0 saturated carbocycles. The van der Waals surface area contributed by atoms with Gasteiger partial charge in [-0.05, 0) is 22.4 Å². The highest BCUT2D eigenvalue weighted by molar-refractivity contribution is 7.08. The molecule has 3 rings (SSSR count). The Morgan fingerprint density at radius 2 is 1.87 bits per heavy atom. The summed E-state index contributed by atoms with van der Waals surface area (Å²) in [7, 11) is 0. The molecule has 0 radical (unpaired) electrons. The first kappa shape index (κ1) is 14.8. The Hall–Kier alpha value is -3.09. The Bertz CT molecular complexity index is 858. The van der Waals surface area contributed by atoms with Gasteiger partial charge in [0.05, 0.1) is 23.8 Å². The fourth-order valence-electron chi connectivity index (χ4n) is 2.52. The number of nitrogens with zero attached hydrogens (tertiary/aromatic N) is 3. The monoisotopic (exact) mass is 320 g/mol. The molecule has 23 heavy (non-hydrogen) atoms. The molecule has 0 saturated heterocycles. The van der Waals surface area contributed by atoms with Crippen molar-refractivity contribution < 1.29 is 5.11 Å². The first-order valence-corrected chi connectivity index (χ1v) is 7.84. The molecular formula is C17H12N4OS. The van der Waals surface area contributed by atoms with E-state index in [1.807, 2.05) is 59.3 Å². The molecular weight excluding hydrogens is 308 g/mol. The molecule has 2 N–H and O–H groups in total. The lowest BCUT2D eigenvalue weighted by Gasteiger charge is -2.15. The number of aromatic nitrogens is 2. The van der Waals surface area contributed by atoms with Crippen molar-refractivity contribution in [3.8, 4) is 29.1 Å². The lowest BCUT2D eigenvalue weighted by Crippen LogP contribution is -2.11. The minimum Gasteiger partial charge on any atom is -0.504 e.